The predicted octanol–water partition coefficient (Wildman–Crippen LogP) is 6.27. The molecule has 1 amide bonds. The standard InChI is InChI=1S/C39H44F2N6O6/c1-38(2,3)53-37(48)47-24-9-10-30(47)31-19-50-35-33-29(15-28(42-35)26-14-25(52-21-49-4)13-22-7-5-8-27(41)32(22)26)43-36(44-34(33)46(31)18-24)51-20-39-11-6-12-45(39)17-23(40)16-39/h5,7-8,13-15,23-24,30-31H,6,9-12,16-21H2,1-4H3/t23-,24?,30?,31?,39+/m1/s1. The van der Waals surface area contributed by atoms with E-state index >= 15 is 4.39 Å². The molecule has 53 heavy (non-hydrogen) atoms. The van der Waals surface area contributed by atoms with Gasteiger partial charge in [-0.05, 0) is 82.7 Å². The first-order valence-electron chi connectivity index (χ1n) is 18.5. The molecule has 4 saturated heterocycles. The summed E-state index contributed by atoms with van der Waals surface area (Å²) in [7, 11) is 1.53. The molecule has 2 bridgehead atoms. The summed E-state index contributed by atoms with van der Waals surface area (Å²) in [5.74, 6) is 0.985. The minimum atomic E-state index is -0.897. The predicted molar refractivity (Wildman–Crippen MR) is 193 cm³/mol. The summed E-state index contributed by atoms with van der Waals surface area (Å²) in [6, 6.07) is 9.82. The van der Waals surface area contributed by atoms with Gasteiger partial charge >= 0.3 is 12.1 Å². The van der Waals surface area contributed by atoms with Gasteiger partial charge < -0.3 is 28.6 Å². The van der Waals surface area contributed by atoms with Gasteiger partial charge in [-0.1, -0.05) is 12.1 Å². The highest BCUT2D eigenvalue weighted by molar-refractivity contribution is 6.01. The number of halogens is 2. The molecule has 14 heteroatoms. The van der Waals surface area contributed by atoms with E-state index in [1.54, 1.807) is 24.3 Å². The molecular formula is C39H44F2N6O6. The summed E-state index contributed by atoms with van der Waals surface area (Å²) < 4.78 is 60.2. The van der Waals surface area contributed by atoms with Crippen molar-refractivity contribution in [3.63, 3.8) is 0 Å². The van der Waals surface area contributed by atoms with Crippen molar-refractivity contribution in [2.24, 2.45) is 0 Å². The van der Waals surface area contributed by atoms with Crippen molar-refractivity contribution in [1.29, 1.82) is 0 Å². The van der Waals surface area contributed by atoms with E-state index in [2.05, 4.69) is 9.80 Å². The Balaban J connectivity index is 1.17. The number of carbonyl (C=O) groups is 1. The van der Waals surface area contributed by atoms with Crippen LogP contribution in [-0.4, -0.2) is 113 Å². The average Bonchev–Trinajstić information content (AvgIpc) is 3.72. The Labute approximate surface area is 306 Å². The number of methoxy groups -OCH3 is 1. The van der Waals surface area contributed by atoms with Gasteiger partial charge in [-0.2, -0.15) is 9.97 Å². The Hall–Kier alpha value is -4.56. The van der Waals surface area contributed by atoms with Crippen molar-refractivity contribution in [1.82, 2.24) is 24.8 Å². The number of amides is 1. The summed E-state index contributed by atoms with van der Waals surface area (Å²) in [5, 5.41) is 1.62. The minimum Gasteiger partial charge on any atom is -0.475 e. The number of nitrogens with zero attached hydrogens (tertiary/aromatic N) is 6. The maximum absolute atomic E-state index is 15.6. The van der Waals surface area contributed by atoms with Gasteiger partial charge in [-0.25, -0.2) is 18.6 Å². The van der Waals surface area contributed by atoms with E-state index in [-0.39, 0.29) is 50.2 Å². The molecule has 4 fully saturated rings. The number of alkyl halides is 1. The number of aromatic nitrogens is 3. The second kappa shape index (κ2) is 12.8. The molecule has 5 aliphatic rings. The molecule has 280 valence electrons. The Morgan fingerprint density at radius 2 is 1.92 bits per heavy atom. The monoisotopic (exact) mass is 730 g/mol. The van der Waals surface area contributed by atoms with E-state index in [1.165, 1.54) is 13.2 Å². The number of ether oxygens (including phenoxy) is 5. The lowest BCUT2D eigenvalue weighted by Gasteiger charge is -2.46. The number of pyridine rings is 1. The molecule has 5 atom stereocenters. The second-order valence-corrected chi connectivity index (χ2v) is 16.0. The van der Waals surface area contributed by atoms with Crippen LogP contribution in [0.5, 0.6) is 17.6 Å². The van der Waals surface area contributed by atoms with Crippen LogP contribution in [0.15, 0.2) is 36.4 Å². The maximum Gasteiger partial charge on any atom is 0.410 e. The number of benzene rings is 2. The first-order chi connectivity index (χ1) is 25.5. The number of anilines is 1. The van der Waals surface area contributed by atoms with E-state index < -0.39 is 23.1 Å². The topological polar surface area (TPSA) is 112 Å². The fraction of sp³-hybridized carbons (Fsp3) is 0.538. The lowest BCUT2D eigenvalue weighted by atomic mass is 9.95. The largest absolute Gasteiger partial charge is 0.475 e. The van der Waals surface area contributed by atoms with Gasteiger partial charge in [0.2, 0.25) is 5.88 Å². The van der Waals surface area contributed by atoms with Crippen molar-refractivity contribution >= 4 is 33.6 Å². The van der Waals surface area contributed by atoms with Crippen LogP contribution < -0.4 is 19.1 Å². The molecule has 0 radical (unpaired) electrons. The van der Waals surface area contributed by atoms with E-state index in [4.69, 9.17) is 38.6 Å². The van der Waals surface area contributed by atoms with Crippen LogP contribution in [0.4, 0.5) is 19.4 Å². The molecule has 0 saturated carbocycles. The first kappa shape index (κ1) is 34.2. The van der Waals surface area contributed by atoms with Gasteiger partial charge in [0, 0.05) is 37.6 Å². The van der Waals surface area contributed by atoms with E-state index in [1.807, 2.05) is 31.7 Å². The van der Waals surface area contributed by atoms with Crippen molar-refractivity contribution in [2.75, 3.05) is 51.7 Å². The highest BCUT2D eigenvalue weighted by atomic mass is 19.1. The zero-order valence-electron chi connectivity index (χ0n) is 30.4. The van der Waals surface area contributed by atoms with Crippen molar-refractivity contribution in [3.05, 3.63) is 42.2 Å². The normalized spacial score (nSPS) is 26.4. The fourth-order valence-corrected chi connectivity index (χ4v) is 9.26. The van der Waals surface area contributed by atoms with Gasteiger partial charge in [0.15, 0.2) is 6.79 Å². The van der Waals surface area contributed by atoms with Crippen LogP contribution in [0, 0.1) is 5.82 Å². The molecule has 0 spiro atoms. The number of hydrogen-bond acceptors (Lipinski definition) is 11. The smallest absolute Gasteiger partial charge is 0.410 e. The van der Waals surface area contributed by atoms with Gasteiger partial charge in [-0.15, -0.1) is 0 Å². The first-order valence-corrected chi connectivity index (χ1v) is 18.5. The maximum atomic E-state index is 15.6. The zero-order valence-corrected chi connectivity index (χ0v) is 30.4. The number of carbonyl (C=O) groups excluding carboxylic acids is 1. The van der Waals surface area contributed by atoms with Crippen LogP contribution >= 0.6 is 0 Å². The Kier molecular flexibility index (Phi) is 8.26. The van der Waals surface area contributed by atoms with Crippen molar-refractivity contribution in [2.45, 2.75) is 88.3 Å². The highest BCUT2D eigenvalue weighted by Crippen LogP contribution is 2.46. The Morgan fingerprint density at radius 1 is 1.06 bits per heavy atom. The molecule has 3 unspecified atom stereocenters. The summed E-state index contributed by atoms with van der Waals surface area (Å²) in [6.07, 6.45) is 2.61. The molecule has 4 aromatic rings. The van der Waals surface area contributed by atoms with Crippen molar-refractivity contribution in [3.8, 4) is 28.9 Å². The summed E-state index contributed by atoms with van der Waals surface area (Å²) in [6.45, 7) is 7.86. The number of rotatable bonds is 7. The Bertz CT molecular complexity index is 2100. The SMILES string of the molecule is COCOc1cc(-c2cc3nc(OC[C@@]45CCCN4C[C@H](F)C5)nc4c3c(n2)OCC2C3CCC(CN42)N3C(=O)OC(C)(C)C)c2c(F)cccc2c1. The molecular weight excluding hydrogens is 686 g/mol. The second-order valence-electron chi connectivity index (χ2n) is 16.0. The van der Waals surface area contributed by atoms with Crippen molar-refractivity contribution < 1.29 is 37.3 Å². The summed E-state index contributed by atoms with van der Waals surface area (Å²) >= 11 is 0. The minimum absolute atomic E-state index is 0.0127. The molecule has 0 aliphatic carbocycles. The van der Waals surface area contributed by atoms with E-state index in [0.29, 0.717) is 69.9 Å². The Morgan fingerprint density at radius 3 is 2.75 bits per heavy atom. The molecule has 5 aliphatic heterocycles. The number of hydrogen-bond donors (Lipinski definition) is 0. The number of fused-ring (bicyclic) bond motifs is 7. The number of piperazine rings is 1. The van der Waals surface area contributed by atoms with Gasteiger partial charge in [0.05, 0.1) is 34.9 Å². The zero-order chi connectivity index (χ0) is 36.6. The third-order valence-corrected chi connectivity index (χ3v) is 11.4. The van der Waals surface area contributed by atoms with Crippen LogP contribution in [0.3, 0.4) is 0 Å². The average molecular weight is 731 g/mol. The van der Waals surface area contributed by atoms with Gasteiger partial charge in [0.25, 0.3) is 0 Å². The fourth-order valence-electron chi connectivity index (χ4n) is 9.26. The van der Waals surface area contributed by atoms with E-state index in [9.17, 15) is 9.18 Å². The van der Waals surface area contributed by atoms with Crippen LogP contribution in [0.25, 0.3) is 32.9 Å². The van der Waals surface area contributed by atoms with Gasteiger partial charge in [0.1, 0.15) is 47.8 Å². The molecule has 7 heterocycles. The molecule has 2 aromatic carbocycles. The third kappa shape index (κ3) is 5.94. The molecule has 0 N–H and O–H groups in total. The van der Waals surface area contributed by atoms with E-state index in [0.717, 1.165) is 32.2 Å². The third-order valence-electron chi connectivity index (χ3n) is 11.4. The lowest BCUT2D eigenvalue weighted by molar-refractivity contribution is 0.00537. The summed E-state index contributed by atoms with van der Waals surface area (Å²) in [4.78, 5) is 34.8. The highest BCUT2D eigenvalue weighted by Gasteiger charge is 2.52. The van der Waals surface area contributed by atoms with Crippen LogP contribution in [0.1, 0.15) is 52.9 Å². The molecule has 9 rings (SSSR count). The molecule has 2 aromatic heterocycles. The lowest BCUT2D eigenvalue weighted by Crippen LogP contribution is -2.63. The van der Waals surface area contributed by atoms with Gasteiger partial charge in [-0.3, -0.25) is 9.80 Å². The van der Waals surface area contributed by atoms with Crippen LogP contribution in [0.2, 0.25) is 0 Å². The summed E-state index contributed by atoms with van der Waals surface area (Å²) in [5.41, 5.74) is 0.392. The van der Waals surface area contributed by atoms with Crippen LogP contribution in [-0.2, 0) is 9.47 Å². The quantitative estimate of drug-likeness (QED) is 0.201. The molecule has 12 nitrogen and oxygen atoms in total.